The summed E-state index contributed by atoms with van der Waals surface area (Å²) in [5.74, 6) is 1.81. The zero-order valence-electron chi connectivity index (χ0n) is 16.4. The lowest BCUT2D eigenvalue weighted by molar-refractivity contribution is -0.137. The number of nitrogens with zero attached hydrogens (tertiary/aromatic N) is 2. The lowest BCUT2D eigenvalue weighted by Gasteiger charge is -2.35. The fourth-order valence-corrected chi connectivity index (χ4v) is 4.77. The van der Waals surface area contributed by atoms with Gasteiger partial charge >= 0.3 is 0 Å². The first-order chi connectivity index (χ1) is 12.1. The molecule has 2 saturated heterocycles. The number of likely N-dealkylation sites (tertiary alicyclic amines) is 2. The van der Waals surface area contributed by atoms with Crippen LogP contribution in [0.15, 0.2) is 0 Å². The Labute approximate surface area is 164 Å². The highest BCUT2D eigenvalue weighted by Crippen LogP contribution is 2.32. The third kappa shape index (κ3) is 5.13. The largest absolute Gasteiger partial charge is 0.342 e. The molecule has 3 fully saturated rings. The maximum atomic E-state index is 12.9. The smallest absolute Gasteiger partial charge is 0.227 e. The van der Waals surface area contributed by atoms with Crippen molar-refractivity contribution in [1.29, 1.82) is 0 Å². The van der Waals surface area contributed by atoms with Crippen LogP contribution in [0.1, 0.15) is 58.8 Å². The van der Waals surface area contributed by atoms with Crippen LogP contribution in [0.4, 0.5) is 0 Å². The van der Waals surface area contributed by atoms with Crippen molar-refractivity contribution >= 4 is 24.2 Å². The van der Waals surface area contributed by atoms with Crippen molar-refractivity contribution in [3.63, 3.8) is 0 Å². The molecule has 0 aromatic carbocycles. The fraction of sp³-hybridized carbons (Fsp3) is 0.900. The van der Waals surface area contributed by atoms with Crippen LogP contribution in [0.5, 0.6) is 0 Å². The minimum atomic E-state index is -0.0998. The molecule has 1 N–H and O–H groups in total. The Morgan fingerprint density at radius 3 is 2.38 bits per heavy atom. The number of piperidine rings is 1. The number of carbonyl (C=O) groups excluding carboxylic acids is 2. The standard InChI is InChI=1S/C20H35N3O2.ClH/c1-3-21-13-16-8-10-22(11-9-16)20(25)17-12-19(24)23(14-17)18-6-4-15(2)5-7-18;/h15-18,21H,3-14H2,1-2H3;1H. The number of carbonyl (C=O) groups is 2. The SMILES string of the molecule is CCNCC1CCN(C(=O)C2CC(=O)N(C3CCC(C)CC3)C2)CC1.Cl. The highest BCUT2D eigenvalue weighted by atomic mass is 35.5. The number of hydrogen-bond donors (Lipinski definition) is 1. The predicted octanol–water partition coefficient (Wildman–Crippen LogP) is 2.68. The number of rotatable bonds is 5. The van der Waals surface area contributed by atoms with E-state index in [-0.39, 0.29) is 30.1 Å². The minimum Gasteiger partial charge on any atom is -0.342 e. The van der Waals surface area contributed by atoms with Crippen molar-refractivity contribution in [2.45, 2.75) is 64.8 Å². The number of nitrogens with one attached hydrogen (secondary N) is 1. The molecule has 1 aliphatic carbocycles. The molecule has 0 radical (unpaired) electrons. The summed E-state index contributed by atoms with van der Waals surface area (Å²) in [4.78, 5) is 29.4. The number of hydrogen-bond acceptors (Lipinski definition) is 3. The van der Waals surface area contributed by atoms with E-state index in [1.54, 1.807) is 0 Å². The van der Waals surface area contributed by atoms with E-state index in [4.69, 9.17) is 0 Å². The van der Waals surface area contributed by atoms with E-state index < -0.39 is 0 Å². The molecule has 2 amide bonds. The van der Waals surface area contributed by atoms with Gasteiger partial charge in [-0.2, -0.15) is 0 Å². The lowest BCUT2D eigenvalue weighted by Crippen LogP contribution is -2.44. The molecular weight excluding hydrogens is 350 g/mol. The van der Waals surface area contributed by atoms with Gasteiger partial charge in [0, 0.05) is 32.1 Å². The van der Waals surface area contributed by atoms with Crippen LogP contribution in [0.25, 0.3) is 0 Å². The Balaban J connectivity index is 0.00000243. The van der Waals surface area contributed by atoms with Gasteiger partial charge in [-0.1, -0.05) is 13.8 Å². The zero-order chi connectivity index (χ0) is 17.8. The topological polar surface area (TPSA) is 52.7 Å². The molecular formula is C20H36ClN3O2. The van der Waals surface area contributed by atoms with Gasteiger partial charge in [0.1, 0.15) is 0 Å². The monoisotopic (exact) mass is 385 g/mol. The van der Waals surface area contributed by atoms with E-state index in [0.717, 1.165) is 57.8 Å². The van der Waals surface area contributed by atoms with E-state index in [9.17, 15) is 9.59 Å². The summed E-state index contributed by atoms with van der Waals surface area (Å²) in [6.07, 6.45) is 7.27. The molecule has 5 nitrogen and oxygen atoms in total. The number of amides is 2. The minimum absolute atomic E-state index is 0. The first kappa shape index (κ1) is 21.5. The van der Waals surface area contributed by atoms with E-state index >= 15 is 0 Å². The highest BCUT2D eigenvalue weighted by Gasteiger charge is 2.40. The molecule has 0 aromatic heterocycles. The van der Waals surface area contributed by atoms with E-state index in [0.29, 0.717) is 24.9 Å². The van der Waals surface area contributed by atoms with Crippen LogP contribution < -0.4 is 5.32 Å². The lowest BCUT2D eigenvalue weighted by atomic mass is 9.86. The van der Waals surface area contributed by atoms with E-state index in [1.165, 1.54) is 12.8 Å². The van der Waals surface area contributed by atoms with Gasteiger partial charge in [0.05, 0.1) is 5.92 Å². The second kappa shape index (κ2) is 9.93. The van der Waals surface area contributed by atoms with Crippen molar-refractivity contribution in [3.8, 4) is 0 Å². The molecule has 1 atom stereocenters. The molecule has 6 heteroatoms. The van der Waals surface area contributed by atoms with Crippen molar-refractivity contribution < 1.29 is 9.59 Å². The molecule has 1 saturated carbocycles. The molecule has 26 heavy (non-hydrogen) atoms. The van der Waals surface area contributed by atoms with Gasteiger partial charge in [-0.3, -0.25) is 9.59 Å². The molecule has 0 bridgehead atoms. The third-order valence-corrected chi connectivity index (χ3v) is 6.54. The summed E-state index contributed by atoms with van der Waals surface area (Å²) >= 11 is 0. The van der Waals surface area contributed by atoms with Gasteiger partial charge in [0.25, 0.3) is 0 Å². The van der Waals surface area contributed by atoms with Gasteiger partial charge in [-0.05, 0) is 63.5 Å². The molecule has 2 aliphatic heterocycles. The average molecular weight is 386 g/mol. The Morgan fingerprint density at radius 2 is 1.77 bits per heavy atom. The van der Waals surface area contributed by atoms with E-state index in [2.05, 4.69) is 19.2 Å². The normalized spacial score (nSPS) is 30.4. The van der Waals surface area contributed by atoms with Crippen LogP contribution >= 0.6 is 12.4 Å². The first-order valence-corrected chi connectivity index (χ1v) is 10.4. The summed E-state index contributed by atoms with van der Waals surface area (Å²) < 4.78 is 0. The predicted molar refractivity (Wildman–Crippen MR) is 106 cm³/mol. The summed E-state index contributed by atoms with van der Waals surface area (Å²) in [7, 11) is 0. The van der Waals surface area contributed by atoms with E-state index in [1.807, 2.05) is 9.80 Å². The summed E-state index contributed by atoms with van der Waals surface area (Å²) in [6.45, 7) is 8.89. The molecule has 1 unspecified atom stereocenters. The Kier molecular flexibility index (Phi) is 8.21. The van der Waals surface area contributed by atoms with Gasteiger partial charge < -0.3 is 15.1 Å². The zero-order valence-corrected chi connectivity index (χ0v) is 17.2. The Bertz CT molecular complexity index is 472. The molecule has 3 aliphatic rings. The first-order valence-electron chi connectivity index (χ1n) is 10.4. The molecule has 0 spiro atoms. The molecule has 2 heterocycles. The molecule has 3 rings (SSSR count). The molecule has 0 aromatic rings. The maximum Gasteiger partial charge on any atom is 0.227 e. The molecule has 150 valence electrons. The van der Waals surface area contributed by atoms with Crippen LogP contribution in [0.2, 0.25) is 0 Å². The quantitative estimate of drug-likeness (QED) is 0.791. The van der Waals surface area contributed by atoms with Crippen LogP contribution in [0, 0.1) is 17.8 Å². The highest BCUT2D eigenvalue weighted by molar-refractivity contribution is 5.89. The Morgan fingerprint density at radius 1 is 1.12 bits per heavy atom. The average Bonchev–Trinajstić information content (AvgIpc) is 3.02. The van der Waals surface area contributed by atoms with Crippen molar-refractivity contribution in [3.05, 3.63) is 0 Å². The third-order valence-electron chi connectivity index (χ3n) is 6.54. The van der Waals surface area contributed by atoms with Crippen LogP contribution in [-0.2, 0) is 9.59 Å². The van der Waals surface area contributed by atoms with Gasteiger partial charge in [-0.25, -0.2) is 0 Å². The van der Waals surface area contributed by atoms with Crippen molar-refractivity contribution in [2.75, 3.05) is 32.7 Å². The maximum absolute atomic E-state index is 12.9. The van der Waals surface area contributed by atoms with Crippen LogP contribution in [-0.4, -0.2) is 60.4 Å². The second-order valence-electron chi connectivity index (χ2n) is 8.44. The van der Waals surface area contributed by atoms with Crippen LogP contribution in [0.3, 0.4) is 0 Å². The summed E-state index contributed by atoms with van der Waals surface area (Å²) in [5, 5.41) is 3.41. The Hall–Kier alpha value is -0.810. The number of halogens is 1. The van der Waals surface area contributed by atoms with Gasteiger partial charge in [0.15, 0.2) is 0 Å². The second-order valence-corrected chi connectivity index (χ2v) is 8.44. The summed E-state index contributed by atoms with van der Waals surface area (Å²) in [5.41, 5.74) is 0. The fourth-order valence-electron chi connectivity index (χ4n) is 4.77. The van der Waals surface area contributed by atoms with Crippen molar-refractivity contribution in [1.82, 2.24) is 15.1 Å². The van der Waals surface area contributed by atoms with Gasteiger partial charge in [0.2, 0.25) is 11.8 Å². The summed E-state index contributed by atoms with van der Waals surface area (Å²) in [6, 6.07) is 0.382. The van der Waals surface area contributed by atoms with Crippen molar-refractivity contribution in [2.24, 2.45) is 17.8 Å². The van der Waals surface area contributed by atoms with Gasteiger partial charge in [-0.15, -0.1) is 12.4 Å².